The fourth-order valence-corrected chi connectivity index (χ4v) is 5.77. The van der Waals surface area contributed by atoms with Gasteiger partial charge in [0.1, 0.15) is 5.92 Å². The first-order valence-electron chi connectivity index (χ1n) is 12.1. The van der Waals surface area contributed by atoms with E-state index in [4.69, 9.17) is 0 Å². The lowest BCUT2D eigenvalue weighted by atomic mass is 10.1. The fraction of sp³-hybridized carbons (Fsp3) is 0.542. The molecule has 3 unspecified atom stereocenters. The van der Waals surface area contributed by atoms with Crippen LogP contribution in [0.4, 0.5) is 11.4 Å². The van der Waals surface area contributed by atoms with Crippen LogP contribution in [0.2, 0.25) is 0 Å². The Hall–Kier alpha value is -3.30. The molecule has 1 aromatic rings. The smallest absolute Gasteiger partial charge is 0.238 e. The molecule has 3 atom stereocenters. The van der Waals surface area contributed by atoms with Gasteiger partial charge in [-0.2, -0.15) is 5.26 Å². The number of rotatable bonds is 12. The minimum absolute atomic E-state index is 0.0257. The van der Waals surface area contributed by atoms with Crippen LogP contribution in [0, 0.1) is 17.2 Å². The maximum absolute atomic E-state index is 12.9. The molecular formula is C24H33N7O4S. The minimum atomic E-state index is -0.790. The molecule has 0 aliphatic carbocycles. The van der Waals surface area contributed by atoms with Crippen LogP contribution < -0.4 is 21.3 Å². The third-order valence-electron chi connectivity index (χ3n) is 5.95. The normalized spacial score (nSPS) is 20.5. The summed E-state index contributed by atoms with van der Waals surface area (Å²) < 4.78 is 0. The minimum Gasteiger partial charge on any atom is -0.385 e. The quantitative estimate of drug-likeness (QED) is 0.319. The fourth-order valence-electron chi connectivity index (χ4n) is 4.18. The Morgan fingerprint density at radius 3 is 2.72 bits per heavy atom. The van der Waals surface area contributed by atoms with Crippen molar-refractivity contribution in [2.45, 2.75) is 37.3 Å². The van der Waals surface area contributed by atoms with Crippen molar-refractivity contribution < 1.29 is 19.2 Å². The number of hydrogen-bond donors (Lipinski definition) is 4. The average molecular weight is 516 g/mol. The van der Waals surface area contributed by atoms with Crippen LogP contribution in [0.1, 0.15) is 26.7 Å². The topological polar surface area (TPSA) is 147 Å². The van der Waals surface area contributed by atoms with Crippen LogP contribution in [0.15, 0.2) is 24.3 Å². The number of nitrogens with one attached hydrogen (secondary N) is 4. The van der Waals surface area contributed by atoms with E-state index in [0.717, 1.165) is 5.69 Å². The van der Waals surface area contributed by atoms with Crippen LogP contribution in [-0.2, 0) is 19.2 Å². The summed E-state index contributed by atoms with van der Waals surface area (Å²) >= 11 is 1.51. The van der Waals surface area contributed by atoms with Crippen LogP contribution in [0.25, 0.3) is 0 Å². The monoisotopic (exact) mass is 515 g/mol. The second-order valence-corrected chi connectivity index (χ2v) is 9.99. The number of anilines is 2. The van der Waals surface area contributed by atoms with E-state index in [0.29, 0.717) is 44.8 Å². The number of hydrogen-bond acceptors (Lipinski definition) is 8. The number of amides is 4. The summed E-state index contributed by atoms with van der Waals surface area (Å²) in [6, 6.07) is 9.38. The third-order valence-corrected chi connectivity index (χ3v) is 7.47. The molecule has 0 radical (unpaired) electrons. The zero-order valence-corrected chi connectivity index (χ0v) is 21.4. The van der Waals surface area contributed by atoms with Gasteiger partial charge in [-0.15, -0.1) is 11.8 Å². The van der Waals surface area contributed by atoms with Gasteiger partial charge in [0.05, 0.1) is 36.5 Å². The molecule has 4 amide bonds. The van der Waals surface area contributed by atoms with Crippen LogP contribution in [0.5, 0.6) is 0 Å². The molecule has 11 nitrogen and oxygen atoms in total. The van der Waals surface area contributed by atoms with Gasteiger partial charge in [0.2, 0.25) is 23.6 Å². The Labute approximate surface area is 215 Å². The second-order valence-electron chi connectivity index (χ2n) is 8.61. The van der Waals surface area contributed by atoms with Crippen LogP contribution >= 0.6 is 11.8 Å². The molecule has 0 spiro atoms. The van der Waals surface area contributed by atoms with Gasteiger partial charge in [0.25, 0.3) is 0 Å². The van der Waals surface area contributed by atoms with Gasteiger partial charge < -0.3 is 26.2 Å². The van der Waals surface area contributed by atoms with E-state index < -0.39 is 5.92 Å². The molecule has 2 heterocycles. The Bertz CT molecular complexity index is 1010. The molecule has 2 aliphatic heterocycles. The van der Waals surface area contributed by atoms with Gasteiger partial charge >= 0.3 is 0 Å². The largest absolute Gasteiger partial charge is 0.385 e. The van der Waals surface area contributed by atoms with Gasteiger partial charge in [0.15, 0.2) is 0 Å². The highest BCUT2D eigenvalue weighted by atomic mass is 32.2. The molecule has 2 saturated heterocycles. The predicted molar refractivity (Wildman–Crippen MR) is 138 cm³/mol. The third kappa shape index (κ3) is 7.35. The number of benzene rings is 1. The summed E-state index contributed by atoms with van der Waals surface area (Å²) in [6.07, 6.45) is 0.890. The molecule has 2 aliphatic rings. The number of carbonyl (C=O) groups excluding carboxylic acids is 4. The second kappa shape index (κ2) is 13.1. The van der Waals surface area contributed by atoms with Crippen molar-refractivity contribution in [1.82, 2.24) is 20.4 Å². The highest BCUT2D eigenvalue weighted by Crippen LogP contribution is 2.37. The maximum Gasteiger partial charge on any atom is 0.238 e. The van der Waals surface area contributed by atoms with Crippen molar-refractivity contribution in [2.24, 2.45) is 5.92 Å². The predicted octanol–water partition coefficient (Wildman–Crippen LogP) is 0.772. The maximum atomic E-state index is 12.9. The molecule has 0 aromatic heterocycles. The Morgan fingerprint density at radius 2 is 2.06 bits per heavy atom. The summed E-state index contributed by atoms with van der Waals surface area (Å²) in [6.45, 7) is 5.94. The Morgan fingerprint density at radius 1 is 1.28 bits per heavy atom. The first-order valence-corrected chi connectivity index (χ1v) is 13.0. The average Bonchev–Trinajstić information content (AvgIpc) is 3.39. The molecule has 3 rings (SSSR count). The van der Waals surface area contributed by atoms with Crippen molar-refractivity contribution in [3.63, 3.8) is 0 Å². The summed E-state index contributed by atoms with van der Waals surface area (Å²) in [5, 5.41) is 20.5. The molecule has 12 heteroatoms. The van der Waals surface area contributed by atoms with E-state index >= 15 is 0 Å². The zero-order chi connectivity index (χ0) is 26.1. The van der Waals surface area contributed by atoms with Gasteiger partial charge in [-0.3, -0.25) is 24.1 Å². The zero-order valence-electron chi connectivity index (χ0n) is 20.6. The van der Waals surface area contributed by atoms with Crippen LogP contribution in [0.3, 0.4) is 0 Å². The highest BCUT2D eigenvalue weighted by Gasteiger charge is 2.40. The molecular weight excluding hydrogens is 482 g/mol. The van der Waals surface area contributed by atoms with Crippen molar-refractivity contribution >= 4 is 46.8 Å². The van der Waals surface area contributed by atoms with E-state index in [1.807, 2.05) is 25.1 Å². The van der Waals surface area contributed by atoms with E-state index in [9.17, 15) is 24.4 Å². The number of nitrogens with zero attached hydrogens (tertiary/aromatic N) is 3. The molecule has 2 fully saturated rings. The summed E-state index contributed by atoms with van der Waals surface area (Å²) in [5.41, 5.74) is 1.45. The first kappa shape index (κ1) is 27.3. The lowest BCUT2D eigenvalue weighted by molar-refractivity contribution is -0.131. The molecule has 1 aromatic carbocycles. The first-order chi connectivity index (χ1) is 17.3. The van der Waals surface area contributed by atoms with E-state index in [1.165, 1.54) is 11.8 Å². The van der Waals surface area contributed by atoms with E-state index in [1.54, 1.807) is 22.8 Å². The summed E-state index contributed by atoms with van der Waals surface area (Å²) in [5.74, 6) is -1.36. The highest BCUT2D eigenvalue weighted by molar-refractivity contribution is 8.01. The molecule has 0 saturated carbocycles. The molecule has 4 N–H and O–H groups in total. The number of carbonyl (C=O) groups is 4. The summed E-state index contributed by atoms with van der Waals surface area (Å²) in [7, 11) is 0. The Kier molecular flexibility index (Phi) is 9.95. The molecule has 36 heavy (non-hydrogen) atoms. The number of nitriles is 1. The van der Waals surface area contributed by atoms with Gasteiger partial charge in [-0.05, 0) is 38.5 Å². The standard InChI is InChI=1S/C24H33N7O4S/c1-3-26-23(34)16(12-25)10-22-31(4-2)24(35)19(36-22)8-9-27-17-6-5-7-18(11-17)29-21(33)14-30-13-20(32)28-15-30/h5-7,11,16,19,22,27H,3-4,8-10,13-15H2,1-2H3,(H,26,34)(H,28,32)(H,29,33). The van der Waals surface area contributed by atoms with Crippen molar-refractivity contribution in [3.8, 4) is 6.07 Å². The van der Waals surface area contributed by atoms with E-state index in [2.05, 4.69) is 27.3 Å². The summed E-state index contributed by atoms with van der Waals surface area (Å²) in [4.78, 5) is 52.1. The van der Waals surface area contributed by atoms with Gasteiger partial charge in [-0.25, -0.2) is 0 Å². The Balaban J connectivity index is 1.49. The van der Waals surface area contributed by atoms with Gasteiger partial charge in [-0.1, -0.05) is 6.07 Å². The van der Waals surface area contributed by atoms with E-state index in [-0.39, 0.29) is 47.3 Å². The molecule has 0 bridgehead atoms. The lowest BCUT2D eigenvalue weighted by Crippen LogP contribution is -2.38. The van der Waals surface area contributed by atoms with Crippen molar-refractivity contribution in [3.05, 3.63) is 24.3 Å². The lowest BCUT2D eigenvalue weighted by Gasteiger charge is -2.23. The number of thioether (sulfide) groups is 1. The van der Waals surface area contributed by atoms with Crippen LogP contribution in [-0.4, -0.2) is 83.4 Å². The van der Waals surface area contributed by atoms with Crippen molar-refractivity contribution in [1.29, 1.82) is 5.26 Å². The van der Waals surface area contributed by atoms with Crippen molar-refractivity contribution in [2.75, 3.05) is 50.0 Å². The SMILES string of the molecule is CCNC(=O)C(C#N)CC1SC(CCNc2cccc(NC(=O)CN3CNC(=O)C3)c2)C(=O)N1CC. The molecule has 194 valence electrons. The van der Waals surface area contributed by atoms with Gasteiger partial charge in [0, 0.05) is 37.4 Å².